The Morgan fingerprint density at radius 3 is 0.765 bits per heavy atom. The summed E-state index contributed by atoms with van der Waals surface area (Å²) < 4.78 is 137. The summed E-state index contributed by atoms with van der Waals surface area (Å²) in [4.78, 5) is 2.27. The monoisotopic (exact) mass is 936 g/mol. The zero-order valence-corrected chi connectivity index (χ0v) is 40.3. The second-order valence-electron chi connectivity index (χ2n) is 19.3. The molecule has 6 aromatic rings. The summed E-state index contributed by atoms with van der Waals surface area (Å²) in [5, 5.41) is 0. The van der Waals surface area contributed by atoms with Crippen molar-refractivity contribution in [1.82, 2.24) is 0 Å². The molecule has 10 heteroatoms. The van der Waals surface area contributed by atoms with Crippen molar-refractivity contribution in [2.24, 2.45) is 0 Å². The summed E-state index contributed by atoms with van der Waals surface area (Å²) in [6, 6.07) is 21.9. The molecule has 8 rings (SSSR count). The summed E-state index contributed by atoms with van der Waals surface area (Å²) in [6.07, 6.45) is 9.52. The van der Waals surface area contributed by atoms with Crippen molar-refractivity contribution in [1.29, 1.82) is 0 Å². The number of aryl methyl sites for hydroxylation is 4. The maximum atomic E-state index is 17.2. The molecule has 0 spiro atoms. The molecule has 0 amide bonds. The van der Waals surface area contributed by atoms with Crippen LogP contribution in [0, 0.1) is 74.2 Å². The van der Waals surface area contributed by atoms with E-state index in [1.165, 1.54) is 0 Å². The molecule has 68 heavy (non-hydrogen) atoms. The zero-order valence-electron chi connectivity index (χ0n) is 40.3. The van der Waals surface area contributed by atoms with Gasteiger partial charge in [0.15, 0.2) is 46.5 Å². The quantitative estimate of drug-likeness (QED) is 0.0748. The van der Waals surface area contributed by atoms with E-state index in [2.05, 4.69) is 27.7 Å². The summed E-state index contributed by atoms with van der Waals surface area (Å²) in [7, 11) is 0. The van der Waals surface area contributed by atoms with E-state index in [9.17, 15) is 0 Å². The highest BCUT2D eigenvalue weighted by Crippen LogP contribution is 2.60. The van der Waals surface area contributed by atoms with Gasteiger partial charge in [-0.2, -0.15) is 0 Å². The summed E-state index contributed by atoms with van der Waals surface area (Å²) in [5.41, 5.74) is -0.568. The van der Waals surface area contributed by atoms with Gasteiger partial charge in [-0.3, -0.25) is 0 Å². The van der Waals surface area contributed by atoms with Gasteiger partial charge < -0.3 is 9.80 Å². The molecule has 0 fully saturated rings. The lowest BCUT2D eigenvalue weighted by Gasteiger charge is -2.46. The minimum absolute atomic E-state index is 0.291. The van der Waals surface area contributed by atoms with Gasteiger partial charge in [0.1, 0.15) is 11.4 Å². The van der Waals surface area contributed by atoms with Gasteiger partial charge in [-0.25, -0.2) is 35.1 Å². The first-order chi connectivity index (χ1) is 32.5. The van der Waals surface area contributed by atoms with E-state index in [0.29, 0.717) is 92.9 Å². The highest BCUT2D eigenvalue weighted by Gasteiger charge is 2.48. The van der Waals surface area contributed by atoms with Crippen molar-refractivity contribution in [3.63, 3.8) is 0 Å². The predicted octanol–water partition coefficient (Wildman–Crippen LogP) is 18.6. The van der Waals surface area contributed by atoms with E-state index in [0.717, 1.165) is 61.2 Å². The Labute approximate surface area is 396 Å². The van der Waals surface area contributed by atoms with Crippen LogP contribution in [0.15, 0.2) is 72.8 Å². The van der Waals surface area contributed by atoms with Crippen LogP contribution >= 0.6 is 0 Å². The first kappa shape index (κ1) is 48.8. The third-order valence-electron chi connectivity index (χ3n) is 14.6. The smallest absolute Gasteiger partial charge is 0.186 e. The Hall–Kier alpha value is -5.64. The maximum absolute atomic E-state index is 17.2. The zero-order chi connectivity index (χ0) is 49.0. The number of anilines is 6. The molecule has 0 atom stereocenters. The van der Waals surface area contributed by atoms with Crippen LogP contribution < -0.4 is 9.80 Å². The minimum atomic E-state index is -2.21. The molecular weight excluding hydrogens is 877 g/mol. The average Bonchev–Trinajstić information content (AvgIpc) is 3.32. The van der Waals surface area contributed by atoms with Gasteiger partial charge in [-0.05, 0) is 122 Å². The average molecular weight is 937 g/mol. The molecule has 0 bridgehead atoms. The van der Waals surface area contributed by atoms with Crippen molar-refractivity contribution in [3.05, 3.63) is 164 Å². The normalized spacial score (nSPS) is 14.5. The SMILES string of the molecule is CCCCC1(CCCC)c2ccc(C)cc2N(c2c(F)c(F)c(-c3c(F)c(F)c(N4c5cc(C)ccc5C(CCCC)(CCCC)c5ccc(C)cc54)c(F)c3F)c(F)c2F)c2cc(C)ccc21. The summed E-state index contributed by atoms with van der Waals surface area (Å²) in [5.74, 6) is -16.8. The summed E-state index contributed by atoms with van der Waals surface area (Å²) in [6.45, 7) is 15.5. The Morgan fingerprint density at radius 2 is 0.559 bits per heavy atom. The van der Waals surface area contributed by atoms with Gasteiger partial charge in [-0.15, -0.1) is 0 Å². The number of rotatable bonds is 15. The van der Waals surface area contributed by atoms with Crippen LogP contribution in [-0.2, 0) is 10.8 Å². The third kappa shape index (κ3) is 7.68. The van der Waals surface area contributed by atoms with Crippen LogP contribution in [0.3, 0.4) is 0 Å². The highest BCUT2D eigenvalue weighted by molar-refractivity contribution is 5.90. The van der Waals surface area contributed by atoms with E-state index in [-0.39, 0.29) is 0 Å². The lowest BCUT2D eigenvalue weighted by atomic mass is 9.64. The summed E-state index contributed by atoms with van der Waals surface area (Å²) >= 11 is 0. The molecule has 0 saturated heterocycles. The van der Waals surface area contributed by atoms with Crippen molar-refractivity contribution >= 4 is 34.1 Å². The fraction of sp³-hybridized carbons (Fsp3) is 0.379. The van der Waals surface area contributed by atoms with Crippen molar-refractivity contribution in [3.8, 4) is 11.1 Å². The van der Waals surface area contributed by atoms with E-state index >= 15 is 35.1 Å². The fourth-order valence-electron chi connectivity index (χ4n) is 11.3. The van der Waals surface area contributed by atoms with Gasteiger partial charge >= 0.3 is 0 Å². The van der Waals surface area contributed by atoms with E-state index in [4.69, 9.17) is 0 Å². The van der Waals surface area contributed by atoms with Crippen LogP contribution in [0.25, 0.3) is 11.1 Å². The van der Waals surface area contributed by atoms with E-state index in [1.54, 1.807) is 52.0 Å². The molecule has 0 aromatic heterocycles. The standard InChI is InChI=1S/C58H60F8N2/c1-9-13-25-57(26-14-10-2)37-21-17-33(5)29-41(37)67(42-30-34(6)18-22-38(42)57)55-51(63)47(59)45(48(60)52(55)64)46-49(61)53(65)56(54(66)50(46)62)68-43-31-35(7)19-23-39(43)58(27-15-11-3,28-16-12-4)40-24-20-36(8)32-44(40)68/h17-24,29-32H,9-16,25-28H2,1-8H3. The largest absolute Gasteiger partial charge is 0.304 e. The molecule has 0 unspecified atom stereocenters. The number of nitrogens with zero attached hydrogens (tertiary/aromatic N) is 2. The molecule has 0 radical (unpaired) electrons. The Morgan fingerprint density at radius 1 is 0.338 bits per heavy atom. The lowest BCUT2D eigenvalue weighted by molar-refractivity contribution is 0.402. The van der Waals surface area contributed by atoms with Crippen molar-refractivity contribution < 1.29 is 35.1 Å². The lowest BCUT2D eigenvalue weighted by Crippen LogP contribution is -2.36. The Kier molecular flexibility index (Phi) is 13.7. The number of fused-ring (bicyclic) bond motifs is 4. The predicted molar refractivity (Wildman–Crippen MR) is 260 cm³/mol. The topological polar surface area (TPSA) is 6.48 Å². The third-order valence-corrected chi connectivity index (χ3v) is 14.6. The Bertz CT molecular complexity index is 2540. The maximum Gasteiger partial charge on any atom is 0.186 e. The van der Waals surface area contributed by atoms with E-state index < -0.39 is 79.9 Å². The van der Waals surface area contributed by atoms with Crippen LogP contribution in [0.1, 0.15) is 149 Å². The molecule has 0 aliphatic carbocycles. The van der Waals surface area contributed by atoms with Crippen molar-refractivity contribution in [2.45, 2.75) is 143 Å². The van der Waals surface area contributed by atoms with Crippen LogP contribution in [-0.4, -0.2) is 0 Å². The number of halogens is 8. The second-order valence-corrected chi connectivity index (χ2v) is 19.3. The molecule has 2 aliphatic heterocycles. The number of benzene rings is 6. The first-order valence-electron chi connectivity index (χ1n) is 24.3. The van der Waals surface area contributed by atoms with Crippen LogP contribution in [0.5, 0.6) is 0 Å². The molecule has 0 N–H and O–H groups in total. The van der Waals surface area contributed by atoms with Gasteiger partial charge in [-0.1, -0.05) is 128 Å². The number of hydrogen-bond donors (Lipinski definition) is 0. The molecule has 358 valence electrons. The van der Waals surface area contributed by atoms with Gasteiger partial charge in [0.2, 0.25) is 0 Å². The molecule has 2 aliphatic rings. The van der Waals surface area contributed by atoms with Gasteiger partial charge in [0.25, 0.3) is 0 Å². The Balaban J connectivity index is 1.36. The number of hydrogen-bond acceptors (Lipinski definition) is 2. The molecule has 0 saturated carbocycles. The van der Waals surface area contributed by atoms with Crippen molar-refractivity contribution in [2.75, 3.05) is 9.80 Å². The van der Waals surface area contributed by atoms with Gasteiger partial charge in [0.05, 0.1) is 33.9 Å². The number of unbranched alkanes of at least 4 members (excludes halogenated alkanes) is 4. The molecular formula is C58H60F8N2. The molecule has 6 aromatic carbocycles. The van der Waals surface area contributed by atoms with Crippen LogP contribution in [0.4, 0.5) is 69.2 Å². The molecule has 2 heterocycles. The highest BCUT2D eigenvalue weighted by atomic mass is 19.2. The second kappa shape index (κ2) is 19.0. The molecule has 2 nitrogen and oxygen atoms in total. The van der Waals surface area contributed by atoms with Crippen LogP contribution in [0.2, 0.25) is 0 Å². The fourth-order valence-corrected chi connectivity index (χ4v) is 11.3. The first-order valence-corrected chi connectivity index (χ1v) is 24.3. The minimum Gasteiger partial charge on any atom is -0.304 e. The van der Waals surface area contributed by atoms with E-state index in [1.807, 2.05) is 48.5 Å². The van der Waals surface area contributed by atoms with Gasteiger partial charge in [0, 0.05) is 10.8 Å².